The van der Waals surface area contributed by atoms with E-state index in [2.05, 4.69) is 10.5 Å². The molecule has 0 unspecified atom stereocenters. The summed E-state index contributed by atoms with van der Waals surface area (Å²) in [4.78, 5) is 11.9. The Kier molecular flexibility index (Phi) is 5.95. The molecule has 5 heteroatoms. The van der Waals surface area contributed by atoms with Crippen LogP contribution >= 0.6 is 0 Å². The van der Waals surface area contributed by atoms with Crippen molar-refractivity contribution in [1.82, 2.24) is 5.43 Å². The number of hydrazone groups is 1. The predicted molar refractivity (Wildman–Crippen MR) is 94.8 cm³/mol. The summed E-state index contributed by atoms with van der Waals surface area (Å²) in [5.74, 6) is 1.06. The second-order valence-corrected chi connectivity index (χ2v) is 5.47. The van der Waals surface area contributed by atoms with Gasteiger partial charge in [0.15, 0.2) is 6.61 Å². The molecule has 126 valence electrons. The first-order valence-electron chi connectivity index (χ1n) is 7.68. The van der Waals surface area contributed by atoms with Gasteiger partial charge in [0.05, 0.1) is 12.8 Å². The van der Waals surface area contributed by atoms with E-state index in [0.29, 0.717) is 17.2 Å². The maximum absolute atomic E-state index is 11.9. The van der Waals surface area contributed by atoms with Gasteiger partial charge in [0.2, 0.25) is 0 Å². The number of ether oxygens (including phenoxy) is 2. The number of nitrogens with zero attached hydrogens (tertiary/aromatic N) is 1. The van der Waals surface area contributed by atoms with E-state index in [1.165, 1.54) is 5.56 Å². The number of amides is 1. The molecule has 0 aliphatic carbocycles. The maximum atomic E-state index is 11.9. The summed E-state index contributed by atoms with van der Waals surface area (Å²) < 4.78 is 10.8. The summed E-state index contributed by atoms with van der Waals surface area (Å²) in [6, 6.07) is 13.2. The van der Waals surface area contributed by atoms with Crippen LogP contribution in [-0.4, -0.2) is 25.3 Å². The molecule has 0 atom stereocenters. The third-order valence-corrected chi connectivity index (χ3v) is 3.69. The van der Waals surface area contributed by atoms with E-state index in [9.17, 15) is 4.79 Å². The van der Waals surface area contributed by atoms with Crippen molar-refractivity contribution in [2.45, 2.75) is 20.8 Å². The fraction of sp³-hybridized carbons (Fsp3) is 0.263. The van der Waals surface area contributed by atoms with Gasteiger partial charge in [-0.2, -0.15) is 5.10 Å². The molecule has 2 aromatic rings. The lowest BCUT2D eigenvalue weighted by atomic mass is 10.1. The zero-order valence-corrected chi connectivity index (χ0v) is 14.4. The van der Waals surface area contributed by atoms with Crippen LogP contribution in [0.15, 0.2) is 47.6 Å². The van der Waals surface area contributed by atoms with Crippen LogP contribution in [0.1, 0.15) is 23.6 Å². The second-order valence-electron chi connectivity index (χ2n) is 5.47. The number of benzene rings is 2. The average molecular weight is 326 g/mol. The molecule has 0 aromatic heterocycles. The Labute approximate surface area is 142 Å². The standard InChI is InChI=1S/C19H22N2O3/c1-13-9-10-16(11-14(13)2)24-12-19(22)21-20-15(3)17-7-5-6-8-18(17)23-4/h5-11H,12H2,1-4H3,(H,21,22)/b20-15-. The van der Waals surface area contributed by atoms with Gasteiger partial charge in [-0.05, 0) is 56.2 Å². The Morgan fingerprint density at radius 3 is 2.58 bits per heavy atom. The number of hydrogen-bond donors (Lipinski definition) is 1. The summed E-state index contributed by atoms with van der Waals surface area (Å²) in [7, 11) is 1.60. The van der Waals surface area contributed by atoms with Crippen molar-refractivity contribution in [2.24, 2.45) is 5.10 Å². The molecule has 24 heavy (non-hydrogen) atoms. The van der Waals surface area contributed by atoms with Crippen LogP contribution in [0.3, 0.4) is 0 Å². The first-order valence-corrected chi connectivity index (χ1v) is 7.68. The SMILES string of the molecule is COc1ccccc1/C(C)=N\NC(=O)COc1ccc(C)c(C)c1. The molecule has 1 N–H and O–H groups in total. The van der Waals surface area contributed by atoms with Crippen LogP contribution in [-0.2, 0) is 4.79 Å². The van der Waals surface area contributed by atoms with E-state index >= 15 is 0 Å². The lowest BCUT2D eigenvalue weighted by molar-refractivity contribution is -0.123. The molecule has 2 aromatic carbocycles. The molecule has 0 radical (unpaired) electrons. The van der Waals surface area contributed by atoms with Crippen LogP contribution in [0.2, 0.25) is 0 Å². The van der Waals surface area contributed by atoms with Gasteiger partial charge >= 0.3 is 0 Å². The Balaban J connectivity index is 1.93. The smallest absolute Gasteiger partial charge is 0.277 e. The Hall–Kier alpha value is -2.82. The zero-order valence-electron chi connectivity index (χ0n) is 14.4. The van der Waals surface area contributed by atoms with E-state index in [-0.39, 0.29) is 12.5 Å². The fourth-order valence-corrected chi connectivity index (χ4v) is 2.13. The molecular weight excluding hydrogens is 304 g/mol. The van der Waals surface area contributed by atoms with Gasteiger partial charge in [0, 0.05) is 5.56 Å². The van der Waals surface area contributed by atoms with Gasteiger partial charge in [-0.3, -0.25) is 4.79 Å². The van der Waals surface area contributed by atoms with E-state index < -0.39 is 0 Å². The minimum Gasteiger partial charge on any atom is -0.496 e. The molecule has 1 amide bonds. The first kappa shape index (κ1) is 17.5. The van der Waals surface area contributed by atoms with E-state index in [0.717, 1.165) is 11.1 Å². The van der Waals surface area contributed by atoms with Crippen LogP contribution < -0.4 is 14.9 Å². The highest BCUT2D eigenvalue weighted by Crippen LogP contribution is 2.18. The number of carbonyl (C=O) groups excluding carboxylic acids is 1. The molecule has 0 fully saturated rings. The van der Waals surface area contributed by atoms with Crippen molar-refractivity contribution in [2.75, 3.05) is 13.7 Å². The van der Waals surface area contributed by atoms with E-state index in [1.807, 2.05) is 63.2 Å². The third kappa shape index (κ3) is 4.59. The molecule has 0 heterocycles. The Bertz CT molecular complexity index is 754. The fourth-order valence-electron chi connectivity index (χ4n) is 2.13. The number of nitrogens with one attached hydrogen (secondary N) is 1. The maximum Gasteiger partial charge on any atom is 0.277 e. The summed E-state index contributed by atoms with van der Waals surface area (Å²) in [5, 5.41) is 4.10. The highest BCUT2D eigenvalue weighted by molar-refractivity contribution is 6.01. The molecule has 0 aliphatic rings. The summed E-state index contributed by atoms with van der Waals surface area (Å²) in [6.07, 6.45) is 0. The van der Waals surface area contributed by atoms with Gasteiger partial charge in [0.1, 0.15) is 11.5 Å². The molecule has 0 aliphatic heterocycles. The lowest BCUT2D eigenvalue weighted by Gasteiger charge is -2.09. The van der Waals surface area contributed by atoms with Gasteiger partial charge in [-0.15, -0.1) is 0 Å². The van der Waals surface area contributed by atoms with Gasteiger partial charge < -0.3 is 9.47 Å². The summed E-state index contributed by atoms with van der Waals surface area (Å²) in [5.41, 5.74) is 6.29. The molecule has 0 spiro atoms. The van der Waals surface area contributed by atoms with Crippen molar-refractivity contribution in [3.8, 4) is 11.5 Å². The monoisotopic (exact) mass is 326 g/mol. The second kappa shape index (κ2) is 8.15. The zero-order chi connectivity index (χ0) is 17.5. The van der Waals surface area contributed by atoms with Gasteiger partial charge in [0.25, 0.3) is 5.91 Å². The molecule has 5 nitrogen and oxygen atoms in total. The number of methoxy groups -OCH3 is 1. The number of aryl methyl sites for hydroxylation is 2. The minimum atomic E-state index is -0.317. The highest BCUT2D eigenvalue weighted by Gasteiger charge is 2.07. The average Bonchev–Trinajstić information content (AvgIpc) is 2.60. The van der Waals surface area contributed by atoms with E-state index in [1.54, 1.807) is 7.11 Å². The van der Waals surface area contributed by atoms with Crippen LogP contribution in [0, 0.1) is 13.8 Å². The third-order valence-electron chi connectivity index (χ3n) is 3.69. The highest BCUT2D eigenvalue weighted by atomic mass is 16.5. The quantitative estimate of drug-likeness (QED) is 0.655. The Morgan fingerprint density at radius 1 is 1.12 bits per heavy atom. The van der Waals surface area contributed by atoms with Crippen LogP contribution in [0.25, 0.3) is 0 Å². The van der Waals surface area contributed by atoms with Crippen molar-refractivity contribution in [1.29, 1.82) is 0 Å². The lowest BCUT2D eigenvalue weighted by Crippen LogP contribution is -2.25. The number of para-hydroxylation sites is 1. The minimum absolute atomic E-state index is 0.0921. The number of carbonyl (C=O) groups is 1. The largest absolute Gasteiger partial charge is 0.496 e. The van der Waals surface area contributed by atoms with Crippen molar-refractivity contribution in [3.05, 3.63) is 59.2 Å². The normalized spacial score (nSPS) is 11.1. The van der Waals surface area contributed by atoms with Crippen LogP contribution in [0.5, 0.6) is 11.5 Å². The van der Waals surface area contributed by atoms with E-state index in [4.69, 9.17) is 9.47 Å². The number of hydrogen-bond acceptors (Lipinski definition) is 4. The van der Waals surface area contributed by atoms with Crippen molar-refractivity contribution in [3.63, 3.8) is 0 Å². The van der Waals surface area contributed by atoms with Gasteiger partial charge in [-0.25, -0.2) is 5.43 Å². The topological polar surface area (TPSA) is 59.9 Å². The molecular formula is C19H22N2O3. The summed E-state index contributed by atoms with van der Waals surface area (Å²) >= 11 is 0. The van der Waals surface area contributed by atoms with Crippen LogP contribution in [0.4, 0.5) is 0 Å². The van der Waals surface area contributed by atoms with Gasteiger partial charge in [-0.1, -0.05) is 18.2 Å². The first-order chi connectivity index (χ1) is 11.5. The Morgan fingerprint density at radius 2 is 1.88 bits per heavy atom. The molecule has 0 saturated heterocycles. The predicted octanol–water partition coefficient (Wildman–Crippen LogP) is 3.23. The van der Waals surface area contributed by atoms with Crippen molar-refractivity contribution >= 4 is 11.6 Å². The molecule has 2 rings (SSSR count). The van der Waals surface area contributed by atoms with Crippen molar-refractivity contribution < 1.29 is 14.3 Å². The molecule has 0 saturated carbocycles. The molecule has 0 bridgehead atoms. The number of rotatable bonds is 6. The summed E-state index contributed by atoms with van der Waals surface area (Å²) in [6.45, 7) is 5.75.